The summed E-state index contributed by atoms with van der Waals surface area (Å²) in [5.41, 5.74) is 4.41. The number of amides is 1. The maximum atomic E-state index is 12.7. The number of carbonyl (C=O) groups excluding carboxylic acids is 1. The molecule has 0 aromatic heterocycles. The lowest BCUT2D eigenvalue weighted by atomic mass is 9.92. The first kappa shape index (κ1) is 33.7. The molecule has 0 fully saturated rings. The van der Waals surface area contributed by atoms with Crippen LogP contribution < -0.4 is 9.64 Å². The number of carbonyl (C=O) groups is 2. The van der Waals surface area contributed by atoms with E-state index < -0.39 is 12.1 Å². The number of benzene rings is 2. The lowest BCUT2D eigenvalue weighted by Gasteiger charge is -2.28. The molecular formula is C33H47ClN2O6. The summed E-state index contributed by atoms with van der Waals surface area (Å²) < 4.78 is 10.6. The average Bonchev–Trinajstić information content (AvgIpc) is 3.13. The molecule has 0 saturated carbocycles. The molecule has 0 spiro atoms. The van der Waals surface area contributed by atoms with Crippen molar-refractivity contribution in [1.82, 2.24) is 4.90 Å². The van der Waals surface area contributed by atoms with Gasteiger partial charge in [-0.2, -0.15) is 0 Å². The van der Waals surface area contributed by atoms with Crippen molar-refractivity contribution in [2.45, 2.75) is 76.7 Å². The fourth-order valence-corrected chi connectivity index (χ4v) is 5.82. The molecule has 2 aliphatic heterocycles. The molecule has 2 N–H and O–H groups in total. The monoisotopic (exact) mass is 602 g/mol. The third-order valence-electron chi connectivity index (χ3n) is 7.89. The van der Waals surface area contributed by atoms with Crippen molar-refractivity contribution in [2.75, 3.05) is 51.9 Å². The smallest absolute Gasteiger partial charge is 0.329 e. The Hall–Kier alpha value is -2.81. The van der Waals surface area contributed by atoms with Gasteiger partial charge < -0.3 is 29.5 Å². The summed E-state index contributed by atoms with van der Waals surface area (Å²) in [7, 11) is 3.18. The number of hydrogen-bond donors (Lipinski definition) is 2. The predicted octanol–water partition coefficient (Wildman–Crippen LogP) is 6.23. The van der Waals surface area contributed by atoms with Gasteiger partial charge in [0.1, 0.15) is 12.4 Å². The molecule has 232 valence electrons. The fraction of sp³-hybridized carbons (Fsp3) is 0.576. The number of hydrogen-bond acceptors (Lipinski definition) is 6. The van der Waals surface area contributed by atoms with E-state index in [2.05, 4.69) is 28.7 Å². The average molecular weight is 603 g/mol. The number of rotatable bonds is 5. The van der Waals surface area contributed by atoms with Gasteiger partial charge in [-0.3, -0.25) is 4.79 Å². The number of methoxy groups -OCH3 is 1. The molecule has 4 rings (SSSR count). The van der Waals surface area contributed by atoms with Crippen molar-refractivity contribution < 1.29 is 29.3 Å². The van der Waals surface area contributed by atoms with Crippen LogP contribution in [-0.4, -0.2) is 74.0 Å². The molecule has 2 aliphatic rings. The highest BCUT2D eigenvalue weighted by molar-refractivity contribution is 6.30. The minimum atomic E-state index is -0.933. The van der Waals surface area contributed by atoms with E-state index in [1.807, 2.05) is 31.3 Å². The van der Waals surface area contributed by atoms with Crippen molar-refractivity contribution in [3.05, 3.63) is 58.1 Å². The van der Waals surface area contributed by atoms with Crippen LogP contribution in [0.4, 0.5) is 5.69 Å². The van der Waals surface area contributed by atoms with Gasteiger partial charge in [0, 0.05) is 44.7 Å². The minimum absolute atomic E-state index is 0.0103. The second kappa shape index (κ2) is 17.3. The van der Waals surface area contributed by atoms with Gasteiger partial charge in [-0.25, -0.2) is 4.79 Å². The Labute approximate surface area is 255 Å². The number of fused-ring (bicyclic) bond motifs is 1. The third kappa shape index (κ3) is 10.2. The van der Waals surface area contributed by atoms with Crippen molar-refractivity contribution in [3.63, 3.8) is 0 Å². The van der Waals surface area contributed by atoms with E-state index in [0.29, 0.717) is 6.61 Å². The maximum Gasteiger partial charge on any atom is 0.329 e. The zero-order valence-electron chi connectivity index (χ0n) is 25.3. The van der Waals surface area contributed by atoms with Crippen LogP contribution in [0, 0.1) is 0 Å². The standard InChI is InChI=1S/C30H41ClN2O3.C3H6O3/c1-3-10-22-17-25(31)12-13-26(22)24-20-33-16-9-7-5-4-6-8-15-32(2)30(35)19-28(34)23-11-14-29(36-21-24)27(33)18-23;1-6-2-3(4)5/h11-14,17-18,24,28,34H,3-10,15-16,19-21H2,1-2H3;2H2,1H3,(H,4,5). The number of carboxylic acids is 1. The van der Waals surface area contributed by atoms with Gasteiger partial charge in [0.2, 0.25) is 5.91 Å². The number of ether oxygens (including phenoxy) is 2. The van der Waals surface area contributed by atoms with Crippen molar-refractivity contribution in [3.8, 4) is 5.75 Å². The first-order valence-corrected chi connectivity index (χ1v) is 15.5. The summed E-state index contributed by atoms with van der Waals surface area (Å²) in [6, 6.07) is 12.2. The van der Waals surface area contributed by atoms with Gasteiger partial charge in [-0.05, 0) is 60.2 Å². The minimum Gasteiger partial charge on any atom is -0.491 e. The summed E-state index contributed by atoms with van der Waals surface area (Å²) in [5, 5.41) is 19.5. The lowest BCUT2D eigenvalue weighted by molar-refractivity contribution is -0.141. The van der Waals surface area contributed by atoms with Gasteiger partial charge in [-0.1, -0.05) is 62.8 Å². The first-order valence-electron chi connectivity index (χ1n) is 15.2. The molecular weight excluding hydrogens is 556 g/mol. The molecule has 2 heterocycles. The number of nitrogens with zero attached hydrogens (tertiary/aromatic N) is 2. The molecule has 0 saturated heterocycles. The molecule has 0 radical (unpaired) electrons. The van der Waals surface area contributed by atoms with Crippen LogP contribution in [0.25, 0.3) is 0 Å². The largest absolute Gasteiger partial charge is 0.491 e. The maximum absolute atomic E-state index is 12.7. The number of aryl methyl sites for hydroxylation is 1. The second-order valence-corrected chi connectivity index (χ2v) is 11.7. The van der Waals surface area contributed by atoms with Crippen molar-refractivity contribution in [2.24, 2.45) is 0 Å². The van der Waals surface area contributed by atoms with E-state index in [0.717, 1.165) is 73.8 Å². The van der Waals surface area contributed by atoms with Crippen LogP contribution >= 0.6 is 11.6 Å². The quantitative estimate of drug-likeness (QED) is 0.418. The van der Waals surface area contributed by atoms with Gasteiger partial charge in [0.15, 0.2) is 0 Å². The fourth-order valence-electron chi connectivity index (χ4n) is 5.62. The third-order valence-corrected chi connectivity index (χ3v) is 8.12. The van der Waals surface area contributed by atoms with E-state index in [-0.39, 0.29) is 24.9 Å². The highest BCUT2D eigenvalue weighted by atomic mass is 35.5. The SMILES string of the molecule is CCCc1cc(Cl)ccc1C1COc2ccc3cc2N(CCCCCCCCN(C)C(=O)CC3O)C1.COCC(=O)O. The van der Waals surface area contributed by atoms with Crippen LogP contribution in [0.5, 0.6) is 5.75 Å². The van der Waals surface area contributed by atoms with Crippen molar-refractivity contribution in [1.29, 1.82) is 0 Å². The molecule has 42 heavy (non-hydrogen) atoms. The molecule has 1 amide bonds. The number of anilines is 1. The van der Waals surface area contributed by atoms with Gasteiger partial charge >= 0.3 is 5.97 Å². The summed E-state index contributed by atoms with van der Waals surface area (Å²) in [5.74, 6) is 0.135. The van der Waals surface area contributed by atoms with Crippen LogP contribution in [-0.2, 0) is 20.7 Å². The molecule has 2 aromatic carbocycles. The molecule has 2 atom stereocenters. The zero-order valence-corrected chi connectivity index (χ0v) is 26.1. The van der Waals surface area contributed by atoms with Crippen LogP contribution in [0.15, 0.2) is 36.4 Å². The van der Waals surface area contributed by atoms with E-state index >= 15 is 0 Å². The Balaban J connectivity index is 0.000000730. The second-order valence-electron chi connectivity index (χ2n) is 11.3. The predicted molar refractivity (Wildman–Crippen MR) is 167 cm³/mol. The Morgan fingerprint density at radius 2 is 1.79 bits per heavy atom. The van der Waals surface area contributed by atoms with E-state index in [9.17, 15) is 14.7 Å². The highest BCUT2D eigenvalue weighted by Crippen LogP contribution is 2.38. The molecule has 8 nitrogen and oxygen atoms in total. The van der Waals surface area contributed by atoms with E-state index in [1.165, 1.54) is 37.5 Å². The summed E-state index contributed by atoms with van der Waals surface area (Å²) >= 11 is 6.35. The first-order chi connectivity index (χ1) is 20.2. The topological polar surface area (TPSA) is 99.5 Å². The van der Waals surface area contributed by atoms with Gasteiger partial charge in [0.05, 0.1) is 24.8 Å². The molecule has 2 unspecified atom stereocenters. The number of aliphatic carboxylic acids is 1. The van der Waals surface area contributed by atoms with E-state index in [4.69, 9.17) is 21.4 Å². The van der Waals surface area contributed by atoms with E-state index in [1.54, 1.807) is 4.90 Å². The molecule has 2 bridgehead atoms. The normalized spacial score (nSPS) is 20.2. The summed E-state index contributed by atoms with van der Waals surface area (Å²) in [6.45, 7) is 5.15. The van der Waals surface area contributed by atoms with Gasteiger partial charge in [-0.15, -0.1) is 0 Å². The highest BCUT2D eigenvalue weighted by Gasteiger charge is 2.27. The Kier molecular flexibility index (Phi) is 13.9. The molecule has 0 aliphatic carbocycles. The van der Waals surface area contributed by atoms with Crippen LogP contribution in [0.1, 0.15) is 87.0 Å². The number of halogens is 1. The number of aliphatic hydroxyl groups is 1. The Bertz CT molecular complexity index is 1160. The van der Waals surface area contributed by atoms with Crippen LogP contribution in [0.3, 0.4) is 0 Å². The zero-order chi connectivity index (χ0) is 30.5. The summed E-state index contributed by atoms with van der Waals surface area (Å²) in [4.78, 5) is 26.4. The van der Waals surface area contributed by atoms with Crippen LogP contribution in [0.2, 0.25) is 5.02 Å². The Morgan fingerprint density at radius 1 is 1.07 bits per heavy atom. The number of aliphatic hydroxyl groups excluding tert-OH is 1. The Morgan fingerprint density at radius 3 is 2.45 bits per heavy atom. The lowest BCUT2D eigenvalue weighted by Crippen LogP contribution is -2.30. The molecule has 2 aromatic rings. The van der Waals surface area contributed by atoms with Crippen molar-refractivity contribution >= 4 is 29.2 Å². The summed E-state index contributed by atoms with van der Waals surface area (Å²) in [6.07, 6.45) is 8.23. The molecule has 9 heteroatoms. The number of carboxylic acid groups (broad SMARTS) is 1. The van der Waals surface area contributed by atoms with Gasteiger partial charge in [0.25, 0.3) is 0 Å².